The summed E-state index contributed by atoms with van der Waals surface area (Å²) in [6.07, 6.45) is 18.7. The number of hydrogen-bond acceptors (Lipinski definition) is 2. The minimum Gasteiger partial charge on any atom is -0.353 e. The molecule has 3 saturated heterocycles. The Kier molecular flexibility index (Phi) is 2.48. The highest BCUT2D eigenvalue weighted by Crippen LogP contribution is 2.72. The first-order valence-electron chi connectivity index (χ1n) is 10.3. The molecule has 4 aliphatic carbocycles. The Balaban J connectivity index is 1.54. The van der Waals surface area contributed by atoms with E-state index in [4.69, 9.17) is 4.74 Å². The highest BCUT2D eigenvalue weighted by atomic mass is 16.5. The molecule has 3 spiro atoms. The molecule has 0 aromatic rings. The zero-order chi connectivity index (χ0) is 14.4. The van der Waals surface area contributed by atoms with Crippen LogP contribution in [0.2, 0.25) is 0 Å². The van der Waals surface area contributed by atoms with E-state index < -0.39 is 0 Å². The van der Waals surface area contributed by atoms with Gasteiger partial charge in [-0.2, -0.15) is 0 Å². The van der Waals surface area contributed by atoms with Crippen LogP contribution in [-0.4, -0.2) is 17.4 Å². The van der Waals surface area contributed by atoms with Crippen LogP contribution in [0.5, 0.6) is 0 Å². The first kappa shape index (κ1) is 13.2. The first-order valence-corrected chi connectivity index (χ1v) is 10.3. The smallest absolute Gasteiger partial charge is 0.123 e. The average molecular weight is 301 g/mol. The van der Waals surface area contributed by atoms with Gasteiger partial charge in [0, 0.05) is 17.4 Å². The van der Waals surface area contributed by atoms with Crippen LogP contribution in [0.1, 0.15) is 83.5 Å². The molecular weight excluding hydrogens is 270 g/mol. The van der Waals surface area contributed by atoms with E-state index in [1.54, 1.807) is 0 Å². The molecule has 0 aromatic heterocycles. The van der Waals surface area contributed by atoms with E-state index >= 15 is 0 Å². The van der Waals surface area contributed by atoms with Gasteiger partial charge in [-0.1, -0.05) is 25.7 Å². The summed E-state index contributed by atoms with van der Waals surface area (Å²) in [4.78, 5) is 0. The van der Waals surface area contributed by atoms with Crippen molar-refractivity contribution in [3.05, 3.63) is 0 Å². The molecule has 3 aliphatic heterocycles. The Bertz CT molecular complexity index is 504. The van der Waals surface area contributed by atoms with Gasteiger partial charge in [0.2, 0.25) is 0 Å². The molecule has 4 saturated carbocycles. The van der Waals surface area contributed by atoms with Gasteiger partial charge < -0.3 is 4.74 Å². The summed E-state index contributed by atoms with van der Waals surface area (Å²) in [5.74, 6) is 2.68. The topological polar surface area (TPSA) is 21.3 Å². The predicted molar refractivity (Wildman–Crippen MR) is 86.4 cm³/mol. The van der Waals surface area contributed by atoms with Crippen molar-refractivity contribution < 1.29 is 4.74 Å². The van der Waals surface area contributed by atoms with Crippen LogP contribution in [0.15, 0.2) is 0 Å². The largest absolute Gasteiger partial charge is 0.353 e. The molecule has 2 nitrogen and oxygen atoms in total. The molecule has 2 heteroatoms. The minimum absolute atomic E-state index is 0.0935. The van der Waals surface area contributed by atoms with Crippen LogP contribution in [0, 0.1) is 23.2 Å². The van der Waals surface area contributed by atoms with Gasteiger partial charge in [-0.15, -0.1) is 0 Å². The van der Waals surface area contributed by atoms with E-state index in [2.05, 4.69) is 5.32 Å². The third kappa shape index (κ3) is 1.30. The SMILES string of the molecule is C1CC[C@@]23N[C@@H]4[C@H]5CCC[C@]4(C[C@H]2C1)[C@@]1(CCCC[C@H]1C5)O3. The molecule has 122 valence electrons. The zero-order valence-corrected chi connectivity index (χ0v) is 13.9. The van der Waals surface area contributed by atoms with E-state index in [-0.39, 0.29) is 11.3 Å². The minimum atomic E-state index is 0.0935. The van der Waals surface area contributed by atoms with E-state index in [1.807, 2.05) is 0 Å². The lowest BCUT2D eigenvalue weighted by atomic mass is 9.40. The molecule has 7 atom stereocenters. The summed E-state index contributed by atoms with van der Waals surface area (Å²) in [6.45, 7) is 0. The van der Waals surface area contributed by atoms with E-state index in [1.165, 1.54) is 83.5 Å². The Morgan fingerprint density at radius 3 is 2.64 bits per heavy atom. The highest BCUT2D eigenvalue weighted by molar-refractivity contribution is 5.26. The van der Waals surface area contributed by atoms with Gasteiger partial charge in [-0.3, -0.25) is 5.32 Å². The van der Waals surface area contributed by atoms with Crippen molar-refractivity contribution in [2.75, 3.05) is 0 Å². The van der Waals surface area contributed by atoms with Gasteiger partial charge in [0.25, 0.3) is 0 Å². The molecule has 22 heavy (non-hydrogen) atoms. The second-order valence-electron chi connectivity index (χ2n) is 9.64. The van der Waals surface area contributed by atoms with Gasteiger partial charge in [-0.25, -0.2) is 0 Å². The fourth-order valence-corrected chi connectivity index (χ4v) is 8.48. The molecule has 7 aliphatic rings. The van der Waals surface area contributed by atoms with E-state index in [0.29, 0.717) is 5.41 Å². The van der Waals surface area contributed by atoms with E-state index in [0.717, 1.165) is 23.8 Å². The quantitative estimate of drug-likeness (QED) is 0.717. The summed E-state index contributed by atoms with van der Waals surface area (Å²) in [7, 11) is 0. The summed E-state index contributed by atoms with van der Waals surface area (Å²) in [5.41, 5.74) is 0.894. The second kappa shape index (κ2) is 4.11. The van der Waals surface area contributed by atoms with E-state index in [9.17, 15) is 0 Å². The standard InChI is InChI=1S/C20H31NO/c1-3-10-19-15(7-1)12-14-6-5-9-18(19)13-16-8-2-4-11-20(16,22-19)21-17(14)18/h14-17,21H,1-13H2/t14-,15-,16+,17+,18+,19-,20-/m0/s1. The molecule has 7 rings (SSSR count). The van der Waals surface area contributed by atoms with Crippen molar-refractivity contribution >= 4 is 0 Å². The Hall–Kier alpha value is -0.0800. The third-order valence-corrected chi connectivity index (χ3v) is 9.09. The summed E-state index contributed by atoms with van der Waals surface area (Å²) >= 11 is 0. The fourth-order valence-electron chi connectivity index (χ4n) is 8.48. The summed E-state index contributed by atoms with van der Waals surface area (Å²) in [6, 6.07) is 0.804. The normalized spacial score (nSPS) is 62.2. The average Bonchev–Trinajstić information content (AvgIpc) is 2.53. The number of nitrogens with one attached hydrogen (secondary N) is 1. The number of rotatable bonds is 0. The maximum atomic E-state index is 7.30. The Morgan fingerprint density at radius 2 is 1.68 bits per heavy atom. The zero-order valence-electron chi connectivity index (χ0n) is 13.9. The van der Waals surface area contributed by atoms with Crippen LogP contribution in [0.3, 0.4) is 0 Å². The maximum absolute atomic E-state index is 7.30. The maximum Gasteiger partial charge on any atom is 0.123 e. The molecule has 3 heterocycles. The van der Waals surface area contributed by atoms with Crippen LogP contribution < -0.4 is 5.32 Å². The number of piperidine rings is 1. The van der Waals surface area contributed by atoms with Gasteiger partial charge in [-0.05, 0) is 69.6 Å². The molecule has 7 fully saturated rings. The summed E-state index contributed by atoms with van der Waals surface area (Å²) in [5, 5.41) is 4.20. The first-order chi connectivity index (χ1) is 10.8. The van der Waals surface area contributed by atoms with Crippen LogP contribution >= 0.6 is 0 Å². The van der Waals surface area contributed by atoms with Gasteiger partial charge in [0.05, 0.1) is 5.60 Å². The van der Waals surface area contributed by atoms with Crippen LogP contribution in [-0.2, 0) is 4.74 Å². The fraction of sp³-hybridized carbons (Fsp3) is 1.00. The second-order valence-corrected chi connectivity index (χ2v) is 9.64. The molecule has 0 radical (unpaired) electrons. The Morgan fingerprint density at radius 1 is 0.818 bits per heavy atom. The molecule has 0 aromatic carbocycles. The van der Waals surface area contributed by atoms with Gasteiger partial charge >= 0.3 is 0 Å². The lowest BCUT2D eigenvalue weighted by Gasteiger charge is -2.78. The lowest BCUT2D eigenvalue weighted by Crippen LogP contribution is -2.86. The summed E-state index contributed by atoms with van der Waals surface area (Å²) < 4.78 is 7.30. The number of hydrogen-bond donors (Lipinski definition) is 1. The predicted octanol–water partition coefficient (Wildman–Crippen LogP) is 4.38. The monoisotopic (exact) mass is 301 g/mol. The van der Waals surface area contributed by atoms with Crippen molar-refractivity contribution in [3.63, 3.8) is 0 Å². The lowest BCUT2D eigenvalue weighted by molar-refractivity contribution is -0.394. The van der Waals surface area contributed by atoms with Crippen molar-refractivity contribution in [1.82, 2.24) is 5.32 Å². The third-order valence-electron chi connectivity index (χ3n) is 9.09. The molecule has 1 N–H and O–H groups in total. The number of ether oxygens (including phenoxy) is 1. The van der Waals surface area contributed by atoms with Crippen molar-refractivity contribution in [1.29, 1.82) is 0 Å². The van der Waals surface area contributed by atoms with Crippen LogP contribution in [0.4, 0.5) is 0 Å². The van der Waals surface area contributed by atoms with Gasteiger partial charge in [0.15, 0.2) is 0 Å². The molecule has 5 bridgehead atoms. The van der Waals surface area contributed by atoms with Crippen molar-refractivity contribution in [2.45, 2.75) is 101 Å². The van der Waals surface area contributed by atoms with Crippen LogP contribution in [0.25, 0.3) is 0 Å². The highest BCUT2D eigenvalue weighted by Gasteiger charge is 2.76. The molecular formula is C20H31NO. The molecule has 0 amide bonds. The molecule has 0 unspecified atom stereocenters. The van der Waals surface area contributed by atoms with Gasteiger partial charge in [0.1, 0.15) is 5.72 Å². The van der Waals surface area contributed by atoms with Crippen molar-refractivity contribution in [2.24, 2.45) is 23.2 Å². The van der Waals surface area contributed by atoms with Crippen molar-refractivity contribution in [3.8, 4) is 0 Å². The Labute approximate surface area is 134 Å².